The number of amides is 1. The van der Waals surface area contributed by atoms with Crippen molar-refractivity contribution in [3.63, 3.8) is 0 Å². The second kappa shape index (κ2) is 6.72. The Labute approximate surface area is 128 Å². The van der Waals surface area contributed by atoms with E-state index in [2.05, 4.69) is 15.6 Å². The highest BCUT2D eigenvalue weighted by Gasteiger charge is 2.15. The highest BCUT2D eigenvalue weighted by atomic mass is 16.5. The van der Waals surface area contributed by atoms with Gasteiger partial charge in [0, 0.05) is 19.0 Å². The first-order valence-electron chi connectivity index (χ1n) is 7.57. The predicted octanol–water partition coefficient (Wildman–Crippen LogP) is 1.70. The van der Waals surface area contributed by atoms with Crippen LogP contribution in [0, 0.1) is 13.8 Å². The van der Waals surface area contributed by atoms with Crippen molar-refractivity contribution in [3.05, 3.63) is 21.8 Å². The van der Waals surface area contributed by atoms with Gasteiger partial charge in [0.1, 0.15) is 5.76 Å². The lowest BCUT2D eigenvalue weighted by Crippen LogP contribution is -2.32. The number of carbonyl (C=O) groups excluding carboxylic acids is 1. The summed E-state index contributed by atoms with van der Waals surface area (Å²) in [5.41, 5.74) is 0.728. The van der Waals surface area contributed by atoms with Gasteiger partial charge in [-0.3, -0.25) is 9.59 Å². The molecule has 0 aliphatic carbocycles. The van der Waals surface area contributed by atoms with Crippen LogP contribution in [0.3, 0.4) is 0 Å². The molecule has 0 aliphatic rings. The molecular formula is C15H22N4O3. The van der Waals surface area contributed by atoms with E-state index >= 15 is 0 Å². The molecule has 0 aromatic carbocycles. The highest BCUT2D eigenvalue weighted by molar-refractivity contribution is 5.81. The molecule has 0 aliphatic heterocycles. The molecule has 2 rings (SSSR count). The molecule has 1 atom stereocenters. The van der Waals surface area contributed by atoms with Crippen molar-refractivity contribution in [2.24, 2.45) is 0 Å². The minimum absolute atomic E-state index is 0.00233. The molecule has 7 nitrogen and oxygen atoms in total. The molecule has 1 amide bonds. The minimum atomic E-state index is -0.278. The number of hydrogen-bond acceptors (Lipinski definition) is 5. The van der Waals surface area contributed by atoms with E-state index in [9.17, 15) is 9.59 Å². The first kappa shape index (κ1) is 16.2. The van der Waals surface area contributed by atoms with E-state index in [0.717, 1.165) is 6.42 Å². The number of fused-ring (bicyclic) bond motifs is 1. The molecule has 0 bridgehead atoms. The second-order valence-electron chi connectivity index (χ2n) is 5.56. The van der Waals surface area contributed by atoms with Gasteiger partial charge >= 0.3 is 0 Å². The van der Waals surface area contributed by atoms with Crippen molar-refractivity contribution in [1.82, 2.24) is 20.3 Å². The van der Waals surface area contributed by atoms with Crippen LogP contribution in [0.5, 0.6) is 0 Å². The van der Waals surface area contributed by atoms with Gasteiger partial charge in [-0.15, -0.1) is 0 Å². The molecule has 2 aromatic rings. The maximum atomic E-state index is 12.3. The maximum absolute atomic E-state index is 12.3. The largest absolute Gasteiger partial charge is 0.360 e. The summed E-state index contributed by atoms with van der Waals surface area (Å²) in [6.07, 6.45) is 1.82. The number of aryl methyl sites for hydroxylation is 3. The topological polar surface area (TPSA) is 90.0 Å². The van der Waals surface area contributed by atoms with E-state index in [1.165, 1.54) is 4.68 Å². The fourth-order valence-electron chi connectivity index (χ4n) is 2.33. The molecule has 0 saturated heterocycles. The van der Waals surface area contributed by atoms with Gasteiger partial charge in [-0.2, -0.15) is 5.10 Å². The van der Waals surface area contributed by atoms with Gasteiger partial charge in [0.25, 0.3) is 5.56 Å². The summed E-state index contributed by atoms with van der Waals surface area (Å²) in [5, 5.41) is 11.7. The third kappa shape index (κ3) is 3.35. The number of hydrogen-bond donors (Lipinski definition) is 1. The molecule has 0 fully saturated rings. The summed E-state index contributed by atoms with van der Waals surface area (Å²) >= 11 is 0. The van der Waals surface area contributed by atoms with Crippen LogP contribution in [0.15, 0.2) is 9.32 Å². The van der Waals surface area contributed by atoms with Gasteiger partial charge in [-0.1, -0.05) is 12.1 Å². The van der Waals surface area contributed by atoms with Gasteiger partial charge < -0.3 is 9.84 Å². The van der Waals surface area contributed by atoms with E-state index in [4.69, 9.17) is 4.52 Å². The number of carbonyl (C=O) groups is 1. The minimum Gasteiger partial charge on any atom is -0.360 e. The molecule has 0 saturated carbocycles. The molecule has 2 heterocycles. The fraction of sp³-hybridized carbons (Fsp3) is 0.600. The zero-order chi connectivity index (χ0) is 16.3. The lowest BCUT2D eigenvalue weighted by atomic mass is 10.2. The Balaban J connectivity index is 2.05. The summed E-state index contributed by atoms with van der Waals surface area (Å²) in [5.74, 6) is 0.592. The number of rotatable bonds is 6. The van der Waals surface area contributed by atoms with Crippen molar-refractivity contribution < 1.29 is 9.32 Å². The van der Waals surface area contributed by atoms with Crippen molar-refractivity contribution in [2.75, 3.05) is 0 Å². The third-order valence-electron chi connectivity index (χ3n) is 3.73. The maximum Gasteiger partial charge on any atom is 0.296 e. The summed E-state index contributed by atoms with van der Waals surface area (Å²) in [7, 11) is 0. The van der Waals surface area contributed by atoms with E-state index < -0.39 is 0 Å². The monoisotopic (exact) mass is 306 g/mol. The van der Waals surface area contributed by atoms with E-state index in [0.29, 0.717) is 41.7 Å². The number of nitrogens with zero attached hydrogens (tertiary/aromatic N) is 3. The Hall–Kier alpha value is -2.18. The fourth-order valence-corrected chi connectivity index (χ4v) is 2.33. The van der Waals surface area contributed by atoms with E-state index in [1.807, 2.05) is 20.8 Å². The van der Waals surface area contributed by atoms with E-state index in [-0.39, 0.29) is 17.5 Å². The second-order valence-corrected chi connectivity index (χ2v) is 5.56. The Bertz CT molecular complexity index is 732. The lowest BCUT2D eigenvalue weighted by molar-refractivity contribution is -0.121. The summed E-state index contributed by atoms with van der Waals surface area (Å²) in [6.45, 7) is 7.95. The summed E-state index contributed by atoms with van der Waals surface area (Å²) in [4.78, 5) is 24.0. The molecule has 2 aromatic heterocycles. The van der Waals surface area contributed by atoms with Crippen LogP contribution in [-0.2, 0) is 11.3 Å². The predicted molar refractivity (Wildman–Crippen MR) is 82.7 cm³/mol. The zero-order valence-electron chi connectivity index (χ0n) is 13.5. The molecule has 0 unspecified atom stereocenters. The summed E-state index contributed by atoms with van der Waals surface area (Å²) in [6, 6.07) is 0.171. The van der Waals surface area contributed by atoms with Gasteiger partial charge in [0.15, 0.2) is 5.52 Å². The average Bonchev–Trinajstić information content (AvgIpc) is 2.86. The van der Waals surface area contributed by atoms with Gasteiger partial charge in [0.2, 0.25) is 5.91 Å². The molecule has 0 spiro atoms. The summed E-state index contributed by atoms with van der Waals surface area (Å²) < 4.78 is 6.42. The first-order valence-corrected chi connectivity index (χ1v) is 7.57. The van der Waals surface area contributed by atoms with Crippen molar-refractivity contribution in [3.8, 4) is 0 Å². The standard InChI is InChI=1S/C15H22N4O3/c1-5-9(2)16-12(20)7-6-8-19-15(21)14-13(10(3)17-19)11(4)22-18-14/h9H,5-8H2,1-4H3,(H,16,20)/t9-/m1/s1. The molecule has 22 heavy (non-hydrogen) atoms. The Kier molecular flexibility index (Phi) is 4.95. The van der Waals surface area contributed by atoms with Crippen LogP contribution in [0.4, 0.5) is 0 Å². The van der Waals surface area contributed by atoms with Crippen LogP contribution in [-0.4, -0.2) is 26.9 Å². The van der Waals surface area contributed by atoms with Gasteiger partial charge in [-0.05, 0) is 33.6 Å². The first-order chi connectivity index (χ1) is 10.4. The number of aromatic nitrogens is 3. The average molecular weight is 306 g/mol. The molecular weight excluding hydrogens is 284 g/mol. The van der Waals surface area contributed by atoms with E-state index in [1.54, 1.807) is 6.92 Å². The van der Waals surface area contributed by atoms with Crippen LogP contribution < -0.4 is 10.9 Å². The van der Waals surface area contributed by atoms with Crippen LogP contribution in [0.25, 0.3) is 10.9 Å². The van der Waals surface area contributed by atoms with Crippen molar-refractivity contribution in [1.29, 1.82) is 0 Å². The van der Waals surface area contributed by atoms with Crippen LogP contribution in [0.1, 0.15) is 44.6 Å². The quantitative estimate of drug-likeness (QED) is 0.877. The van der Waals surface area contributed by atoms with Gasteiger partial charge in [0.05, 0.1) is 11.1 Å². The Morgan fingerprint density at radius 2 is 2.14 bits per heavy atom. The molecule has 7 heteroatoms. The highest BCUT2D eigenvalue weighted by Crippen LogP contribution is 2.16. The van der Waals surface area contributed by atoms with Gasteiger partial charge in [-0.25, -0.2) is 4.68 Å². The normalized spacial score (nSPS) is 12.5. The number of nitrogens with one attached hydrogen (secondary N) is 1. The van der Waals surface area contributed by atoms with Crippen LogP contribution in [0.2, 0.25) is 0 Å². The van der Waals surface area contributed by atoms with Crippen molar-refractivity contribution in [2.45, 2.75) is 59.5 Å². The molecule has 120 valence electrons. The van der Waals surface area contributed by atoms with Crippen LogP contribution >= 0.6 is 0 Å². The smallest absolute Gasteiger partial charge is 0.296 e. The Morgan fingerprint density at radius 3 is 2.82 bits per heavy atom. The molecule has 1 N–H and O–H groups in total. The SMILES string of the molecule is CC[C@@H](C)NC(=O)CCCn1nc(C)c2c(C)onc2c1=O. The van der Waals surface area contributed by atoms with Crippen molar-refractivity contribution >= 4 is 16.8 Å². The molecule has 0 radical (unpaired) electrons. The zero-order valence-corrected chi connectivity index (χ0v) is 13.5. The Morgan fingerprint density at radius 1 is 1.41 bits per heavy atom. The third-order valence-corrected chi connectivity index (χ3v) is 3.73. The lowest BCUT2D eigenvalue weighted by Gasteiger charge is -2.11.